The fraction of sp³-hybridized carbons (Fsp3) is 0.0714. The van der Waals surface area contributed by atoms with Crippen LogP contribution in [0.2, 0.25) is 0 Å². The van der Waals surface area contributed by atoms with Crippen LogP contribution in [0.3, 0.4) is 0 Å². The van der Waals surface area contributed by atoms with E-state index in [1.165, 1.54) is 18.2 Å². The molecule has 3 aromatic rings. The molecule has 0 aliphatic carbocycles. The topological polar surface area (TPSA) is 126 Å². The van der Waals surface area contributed by atoms with Crippen molar-refractivity contribution in [3.63, 3.8) is 0 Å². The molecule has 1 aromatic heterocycles. The number of imidazole rings is 1. The Morgan fingerprint density at radius 2 is 1.70 bits per heavy atom. The Balaban J connectivity index is 2.29. The minimum atomic E-state index is -3.93. The number of sulfone groups is 1. The number of hydrogen-bond donors (Lipinski definition) is 2. The molecule has 2 aromatic carbocycles. The lowest BCUT2D eigenvalue weighted by Gasteiger charge is -2.05. The van der Waals surface area contributed by atoms with Gasteiger partial charge in [-0.25, -0.2) is 13.2 Å². The van der Waals surface area contributed by atoms with E-state index in [0.29, 0.717) is 0 Å². The van der Waals surface area contributed by atoms with Gasteiger partial charge in [0.25, 0.3) is 5.69 Å². The van der Waals surface area contributed by atoms with E-state index >= 15 is 0 Å². The second kappa shape index (κ2) is 5.06. The normalized spacial score (nSPS) is 11.7. The van der Waals surface area contributed by atoms with Crippen molar-refractivity contribution < 1.29 is 13.3 Å². The van der Waals surface area contributed by atoms with Crippen LogP contribution in [-0.2, 0) is 9.84 Å². The van der Waals surface area contributed by atoms with Crippen LogP contribution >= 0.6 is 0 Å². The van der Waals surface area contributed by atoms with E-state index in [2.05, 4.69) is 9.97 Å². The van der Waals surface area contributed by atoms with Gasteiger partial charge in [-0.1, -0.05) is 17.7 Å². The first-order valence-corrected chi connectivity index (χ1v) is 7.99. The fourth-order valence-electron chi connectivity index (χ4n) is 2.25. The molecule has 3 rings (SSSR count). The number of hydrogen-bond acceptors (Lipinski definition) is 5. The summed E-state index contributed by atoms with van der Waals surface area (Å²) in [6.45, 7) is 1.82. The van der Waals surface area contributed by atoms with Crippen molar-refractivity contribution in [3.8, 4) is 0 Å². The summed E-state index contributed by atoms with van der Waals surface area (Å²) in [5.74, 6) is 0. The molecule has 2 N–H and O–H groups in total. The molecule has 0 unspecified atom stereocenters. The van der Waals surface area contributed by atoms with Crippen LogP contribution in [0, 0.1) is 17.0 Å². The van der Waals surface area contributed by atoms with Gasteiger partial charge in [0.2, 0.25) is 9.84 Å². The molecule has 0 atom stereocenters. The second-order valence-electron chi connectivity index (χ2n) is 5.02. The minimum absolute atomic E-state index is 0.0228. The molecule has 8 nitrogen and oxygen atoms in total. The zero-order valence-electron chi connectivity index (χ0n) is 11.9. The maximum atomic E-state index is 12.6. The van der Waals surface area contributed by atoms with Gasteiger partial charge in [0.15, 0.2) is 0 Å². The van der Waals surface area contributed by atoms with Crippen LogP contribution in [0.15, 0.2) is 51.0 Å². The largest absolute Gasteiger partial charge is 0.324 e. The Bertz CT molecular complexity index is 1080. The van der Waals surface area contributed by atoms with E-state index in [4.69, 9.17) is 0 Å². The molecule has 0 aliphatic heterocycles. The molecule has 0 radical (unpaired) electrons. The lowest BCUT2D eigenvalue weighted by molar-refractivity contribution is -0.383. The highest BCUT2D eigenvalue weighted by Gasteiger charge is 2.24. The van der Waals surface area contributed by atoms with Gasteiger partial charge in [0.1, 0.15) is 5.52 Å². The molecule has 0 saturated carbocycles. The molecular formula is C14H11N3O5S. The van der Waals surface area contributed by atoms with Crippen molar-refractivity contribution in [2.45, 2.75) is 16.7 Å². The molecule has 0 amide bonds. The fourth-order valence-corrected chi connectivity index (χ4v) is 3.56. The maximum absolute atomic E-state index is 12.6. The quantitative estimate of drug-likeness (QED) is 0.559. The monoisotopic (exact) mass is 333 g/mol. The Morgan fingerprint density at radius 1 is 1.04 bits per heavy atom. The summed E-state index contributed by atoms with van der Waals surface area (Å²) in [6.07, 6.45) is 0. The summed E-state index contributed by atoms with van der Waals surface area (Å²) >= 11 is 0. The van der Waals surface area contributed by atoms with E-state index < -0.39 is 26.1 Å². The van der Waals surface area contributed by atoms with Gasteiger partial charge >= 0.3 is 5.69 Å². The lowest BCUT2D eigenvalue weighted by atomic mass is 10.2. The van der Waals surface area contributed by atoms with E-state index in [1.54, 1.807) is 12.1 Å². The number of nitrogens with one attached hydrogen (secondary N) is 2. The molecule has 9 heteroatoms. The second-order valence-corrected chi connectivity index (χ2v) is 6.97. The summed E-state index contributed by atoms with van der Waals surface area (Å²) in [5, 5.41) is 11.2. The highest BCUT2D eigenvalue weighted by atomic mass is 32.2. The average Bonchev–Trinajstić information content (AvgIpc) is 2.86. The first kappa shape index (κ1) is 15.0. The Labute approximate surface area is 129 Å². The smallest absolute Gasteiger partial charge is 0.305 e. The number of nitro groups is 1. The molecule has 0 spiro atoms. The van der Waals surface area contributed by atoms with Crippen molar-refractivity contribution in [1.29, 1.82) is 0 Å². The molecule has 118 valence electrons. The number of fused-ring (bicyclic) bond motifs is 1. The minimum Gasteiger partial charge on any atom is -0.305 e. The van der Waals surface area contributed by atoms with Gasteiger partial charge in [-0.15, -0.1) is 0 Å². The van der Waals surface area contributed by atoms with Crippen molar-refractivity contribution in [2.75, 3.05) is 0 Å². The number of aryl methyl sites for hydroxylation is 1. The van der Waals surface area contributed by atoms with Gasteiger partial charge in [-0.2, -0.15) is 0 Å². The Kier molecular flexibility index (Phi) is 3.29. The van der Waals surface area contributed by atoms with Crippen LogP contribution in [0.4, 0.5) is 5.69 Å². The molecule has 23 heavy (non-hydrogen) atoms. The van der Waals surface area contributed by atoms with E-state index in [0.717, 1.165) is 11.6 Å². The summed E-state index contributed by atoms with van der Waals surface area (Å²) < 4.78 is 25.3. The van der Waals surface area contributed by atoms with E-state index in [9.17, 15) is 23.3 Å². The van der Waals surface area contributed by atoms with Crippen molar-refractivity contribution in [2.24, 2.45) is 0 Å². The number of H-pyrrole nitrogens is 2. The number of aromatic nitrogens is 2. The first-order chi connectivity index (χ1) is 10.8. The third-order valence-electron chi connectivity index (χ3n) is 3.42. The number of non-ortho nitro benzene ring substituents is 1. The third-order valence-corrected chi connectivity index (χ3v) is 5.17. The van der Waals surface area contributed by atoms with Crippen LogP contribution in [0.1, 0.15) is 5.56 Å². The van der Waals surface area contributed by atoms with Gasteiger partial charge in [0.05, 0.1) is 20.2 Å². The summed E-state index contributed by atoms with van der Waals surface area (Å²) in [7, 11) is -3.93. The number of nitro benzene ring substituents is 1. The molecule has 1 heterocycles. The lowest BCUT2D eigenvalue weighted by Crippen LogP contribution is -2.03. The highest BCUT2D eigenvalue weighted by Crippen LogP contribution is 2.29. The molecular weight excluding hydrogens is 322 g/mol. The molecule has 0 aliphatic rings. The van der Waals surface area contributed by atoms with Crippen molar-refractivity contribution >= 4 is 26.6 Å². The zero-order chi connectivity index (χ0) is 16.8. The number of nitrogens with zero attached hydrogens (tertiary/aromatic N) is 1. The Morgan fingerprint density at radius 3 is 2.30 bits per heavy atom. The van der Waals surface area contributed by atoms with E-state index in [-0.39, 0.29) is 20.8 Å². The number of benzene rings is 2. The predicted molar refractivity (Wildman–Crippen MR) is 82.2 cm³/mol. The molecule has 0 bridgehead atoms. The van der Waals surface area contributed by atoms with Gasteiger partial charge < -0.3 is 9.97 Å². The van der Waals surface area contributed by atoms with Crippen LogP contribution < -0.4 is 5.69 Å². The van der Waals surface area contributed by atoms with Crippen LogP contribution in [-0.4, -0.2) is 23.3 Å². The van der Waals surface area contributed by atoms with Gasteiger partial charge in [-0.3, -0.25) is 10.1 Å². The molecule has 0 saturated heterocycles. The molecule has 0 fully saturated rings. The summed E-state index contributed by atoms with van der Waals surface area (Å²) in [6, 6.07) is 8.29. The zero-order valence-corrected chi connectivity index (χ0v) is 12.7. The van der Waals surface area contributed by atoms with E-state index in [1.807, 2.05) is 6.92 Å². The first-order valence-electron chi connectivity index (χ1n) is 6.51. The average molecular weight is 333 g/mol. The van der Waals surface area contributed by atoms with Crippen molar-refractivity contribution in [1.82, 2.24) is 9.97 Å². The number of rotatable bonds is 3. The maximum Gasteiger partial charge on any atom is 0.324 e. The Hall–Kier alpha value is -2.94. The van der Waals surface area contributed by atoms with Crippen molar-refractivity contribution in [3.05, 3.63) is 62.6 Å². The summed E-state index contributed by atoms with van der Waals surface area (Å²) in [4.78, 5) is 26.2. The predicted octanol–water partition coefficient (Wildman–Crippen LogP) is 1.91. The third kappa shape index (κ3) is 2.50. The van der Waals surface area contributed by atoms with Gasteiger partial charge in [0, 0.05) is 6.07 Å². The highest BCUT2D eigenvalue weighted by molar-refractivity contribution is 7.91. The standard InChI is InChI=1S/C14H11N3O5S/c1-8-2-4-9(5-3-8)23(21,22)10-6-11-13(16-14(18)15-11)12(7-10)17(19)20/h2-7H,1H3,(H2,15,16,18). The summed E-state index contributed by atoms with van der Waals surface area (Å²) in [5.41, 5.74) is -0.211. The van der Waals surface area contributed by atoms with Crippen LogP contribution in [0.25, 0.3) is 11.0 Å². The van der Waals surface area contributed by atoms with Crippen LogP contribution in [0.5, 0.6) is 0 Å². The number of aromatic amines is 2. The SMILES string of the molecule is Cc1ccc(S(=O)(=O)c2cc([N+](=O)[O-])c3[nH]c(=O)[nH]c3c2)cc1. The van der Waals surface area contributed by atoms with Gasteiger partial charge in [-0.05, 0) is 25.1 Å².